The first-order valence-corrected chi connectivity index (χ1v) is 9.09. The van der Waals surface area contributed by atoms with Crippen LogP contribution in [0.5, 0.6) is 0 Å². The summed E-state index contributed by atoms with van der Waals surface area (Å²) < 4.78 is 0. The zero-order valence-electron chi connectivity index (χ0n) is 14.3. The van der Waals surface area contributed by atoms with Crippen LogP contribution in [-0.2, 0) is 6.42 Å². The highest BCUT2D eigenvalue weighted by Gasteiger charge is 2.24. The maximum Gasteiger partial charge on any atom is 0.0384 e. The number of anilines is 2. The molecule has 0 unspecified atom stereocenters. The summed E-state index contributed by atoms with van der Waals surface area (Å²) in [5.74, 6) is 0. The summed E-state index contributed by atoms with van der Waals surface area (Å²) in [4.78, 5) is 0. The minimum atomic E-state index is 1.01. The lowest BCUT2D eigenvalue weighted by molar-refractivity contribution is 1.26. The van der Waals surface area contributed by atoms with E-state index < -0.39 is 0 Å². The molecule has 5 aliphatic rings. The summed E-state index contributed by atoms with van der Waals surface area (Å²) in [5, 5.41) is 3.48. The van der Waals surface area contributed by atoms with Crippen molar-refractivity contribution in [3.05, 3.63) is 96.1 Å². The third kappa shape index (κ3) is 1.91. The lowest BCUT2D eigenvalue weighted by Crippen LogP contribution is -1.92. The fourth-order valence-corrected chi connectivity index (χ4v) is 4.40. The molecule has 4 bridgehead atoms. The second-order valence-corrected chi connectivity index (χ2v) is 7.13. The van der Waals surface area contributed by atoms with E-state index in [1.807, 2.05) is 0 Å². The fraction of sp³-hybridized carbons (Fsp3) is 0.0400. The van der Waals surface area contributed by atoms with E-state index in [1.54, 1.807) is 0 Å². The predicted octanol–water partition coefficient (Wildman–Crippen LogP) is 6.65. The molecular weight excluding hydrogens is 314 g/mol. The Morgan fingerprint density at radius 2 is 1.19 bits per heavy atom. The molecule has 0 saturated carbocycles. The van der Waals surface area contributed by atoms with Gasteiger partial charge in [0.05, 0.1) is 0 Å². The number of hydrogen-bond donors (Lipinski definition) is 1. The van der Waals surface area contributed by atoms with Gasteiger partial charge >= 0.3 is 0 Å². The van der Waals surface area contributed by atoms with Gasteiger partial charge in [0, 0.05) is 11.4 Å². The molecule has 9 rings (SSSR count). The van der Waals surface area contributed by atoms with Gasteiger partial charge in [-0.3, -0.25) is 0 Å². The molecule has 0 radical (unpaired) electrons. The van der Waals surface area contributed by atoms with Crippen molar-refractivity contribution in [1.29, 1.82) is 0 Å². The Morgan fingerprint density at radius 1 is 0.538 bits per heavy atom. The van der Waals surface area contributed by atoms with Crippen LogP contribution >= 0.6 is 0 Å². The number of nitrogens with one attached hydrogen (secondary N) is 1. The van der Waals surface area contributed by atoms with Gasteiger partial charge in [-0.1, -0.05) is 60.7 Å². The minimum Gasteiger partial charge on any atom is -0.356 e. The molecule has 1 N–H and O–H groups in total. The van der Waals surface area contributed by atoms with Crippen molar-refractivity contribution in [3.63, 3.8) is 0 Å². The molecule has 0 amide bonds. The monoisotopic (exact) mass is 331 g/mol. The van der Waals surface area contributed by atoms with Crippen LogP contribution in [0.1, 0.15) is 11.1 Å². The molecule has 0 aromatic heterocycles. The molecule has 4 aliphatic heterocycles. The zero-order valence-corrected chi connectivity index (χ0v) is 14.3. The maximum atomic E-state index is 3.48. The van der Waals surface area contributed by atoms with Crippen LogP contribution in [0.2, 0.25) is 0 Å². The molecule has 4 aromatic rings. The van der Waals surface area contributed by atoms with Crippen LogP contribution in [0, 0.1) is 0 Å². The van der Waals surface area contributed by atoms with Crippen molar-refractivity contribution in [3.8, 4) is 33.4 Å². The van der Waals surface area contributed by atoms with Crippen LogP contribution in [0.4, 0.5) is 11.4 Å². The van der Waals surface area contributed by atoms with Gasteiger partial charge in [-0.15, -0.1) is 0 Å². The van der Waals surface area contributed by atoms with Crippen molar-refractivity contribution in [2.75, 3.05) is 5.32 Å². The van der Waals surface area contributed by atoms with Crippen molar-refractivity contribution in [1.82, 2.24) is 0 Å². The number of hydrogen-bond acceptors (Lipinski definition) is 1. The summed E-state index contributed by atoms with van der Waals surface area (Å²) >= 11 is 0. The lowest BCUT2D eigenvalue weighted by atomic mass is 9.88. The Bertz CT molecular complexity index is 1150. The Hall–Kier alpha value is -3.32. The lowest BCUT2D eigenvalue weighted by Gasteiger charge is -2.15. The number of benzene rings is 4. The van der Waals surface area contributed by atoms with Crippen LogP contribution in [0.25, 0.3) is 33.4 Å². The smallest absolute Gasteiger partial charge is 0.0384 e. The van der Waals surface area contributed by atoms with Gasteiger partial charge in [-0.05, 0) is 75.2 Å². The Kier molecular flexibility index (Phi) is 2.72. The first-order chi connectivity index (χ1) is 12.9. The third-order valence-electron chi connectivity index (χ3n) is 5.65. The molecule has 4 heterocycles. The second kappa shape index (κ2) is 5.09. The molecule has 1 heteroatoms. The average Bonchev–Trinajstić information content (AvgIpc) is 3.04. The molecule has 4 aromatic carbocycles. The Labute approximate surface area is 153 Å². The Balaban J connectivity index is 1.71. The van der Waals surface area contributed by atoms with Crippen molar-refractivity contribution in [2.45, 2.75) is 6.42 Å². The summed E-state index contributed by atoms with van der Waals surface area (Å²) in [6.07, 6.45) is 1.01. The van der Waals surface area contributed by atoms with Crippen LogP contribution < -0.4 is 5.32 Å². The standard InChI is InChI=1S/C25H17N/c1-2-4-21-18(3-1)15-24-23(21)14-13-22-16-5-9-19(10-6-16)26-20-11-7-17(8-12-20)25(22)24/h1-14,26H,15H2. The van der Waals surface area contributed by atoms with Gasteiger partial charge in [-0.25, -0.2) is 0 Å². The van der Waals surface area contributed by atoms with Crippen LogP contribution in [-0.4, -0.2) is 0 Å². The van der Waals surface area contributed by atoms with E-state index in [2.05, 4.69) is 90.2 Å². The van der Waals surface area contributed by atoms with Crippen molar-refractivity contribution >= 4 is 11.4 Å². The SMILES string of the molecule is c1ccc2c(c1)Cc1c-2ccc2c1-c1ccc(cc1)Nc1ccc-2cc1. The average molecular weight is 331 g/mol. The van der Waals surface area contributed by atoms with E-state index in [4.69, 9.17) is 0 Å². The summed E-state index contributed by atoms with van der Waals surface area (Å²) in [5.41, 5.74) is 13.2. The van der Waals surface area contributed by atoms with E-state index in [0.717, 1.165) is 17.8 Å². The fourth-order valence-electron chi connectivity index (χ4n) is 4.40. The molecule has 0 spiro atoms. The predicted molar refractivity (Wildman–Crippen MR) is 109 cm³/mol. The molecule has 1 aliphatic carbocycles. The van der Waals surface area contributed by atoms with Gasteiger partial charge < -0.3 is 5.32 Å². The van der Waals surface area contributed by atoms with Crippen molar-refractivity contribution in [2.24, 2.45) is 0 Å². The van der Waals surface area contributed by atoms with Gasteiger partial charge in [0.2, 0.25) is 0 Å². The highest BCUT2D eigenvalue weighted by atomic mass is 14.9. The minimum absolute atomic E-state index is 1.01. The number of fused-ring (bicyclic) bond motifs is 3. The normalized spacial score (nSPS) is 12.8. The van der Waals surface area contributed by atoms with E-state index in [1.165, 1.54) is 44.5 Å². The van der Waals surface area contributed by atoms with Gasteiger partial charge in [0.25, 0.3) is 0 Å². The molecule has 1 nitrogen and oxygen atoms in total. The van der Waals surface area contributed by atoms with Crippen LogP contribution in [0.3, 0.4) is 0 Å². The van der Waals surface area contributed by atoms with E-state index in [0.29, 0.717) is 0 Å². The van der Waals surface area contributed by atoms with Crippen molar-refractivity contribution < 1.29 is 0 Å². The first-order valence-electron chi connectivity index (χ1n) is 9.09. The second-order valence-electron chi connectivity index (χ2n) is 7.13. The molecule has 0 fully saturated rings. The highest BCUT2D eigenvalue weighted by molar-refractivity contribution is 5.94. The van der Waals surface area contributed by atoms with E-state index in [-0.39, 0.29) is 0 Å². The molecule has 0 atom stereocenters. The number of rotatable bonds is 0. The zero-order chi connectivity index (χ0) is 17.1. The summed E-state index contributed by atoms with van der Waals surface area (Å²) in [6.45, 7) is 0. The topological polar surface area (TPSA) is 12.0 Å². The van der Waals surface area contributed by atoms with E-state index in [9.17, 15) is 0 Å². The third-order valence-corrected chi connectivity index (χ3v) is 5.65. The highest BCUT2D eigenvalue weighted by Crippen LogP contribution is 2.46. The molecule has 26 heavy (non-hydrogen) atoms. The van der Waals surface area contributed by atoms with E-state index >= 15 is 0 Å². The largest absolute Gasteiger partial charge is 0.356 e. The van der Waals surface area contributed by atoms with Crippen LogP contribution in [0.15, 0.2) is 84.9 Å². The molecule has 0 saturated heterocycles. The van der Waals surface area contributed by atoms with Gasteiger partial charge in [0.15, 0.2) is 0 Å². The maximum absolute atomic E-state index is 3.48. The van der Waals surface area contributed by atoms with Gasteiger partial charge in [-0.2, -0.15) is 0 Å². The van der Waals surface area contributed by atoms with Gasteiger partial charge in [0.1, 0.15) is 0 Å². The first kappa shape index (κ1) is 13.9. The summed E-state index contributed by atoms with van der Waals surface area (Å²) in [7, 11) is 0. The quantitative estimate of drug-likeness (QED) is 0.328. The molecular formula is C25H17N. The summed E-state index contributed by atoms with van der Waals surface area (Å²) in [6, 6.07) is 31.0. The Morgan fingerprint density at radius 3 is 1.96 bits per heavy atom. The molecule has 122 valence electrons.